The van der Waals surface area contributed by atoms with Gasteiger partial charge in [-0.15, -0.1) is 0 Å². The molecule has 3 nitrogen and oxygen atoms in total. The van der Waals surface area contributed by atoms with E-state index in [0.29, 0.717) is 19.3 Å². The number of rotatable bonds is 9. The Bertz CT molecular complexity index is 500. The molecule has 0 aliphatic carbocycles. The molecule has 2 heterocycles. The Morgan fingerprint density at radius 1 is 1.04 bits per heavy atom. The molecular formula is C20H29NO2. The van der Waals surface area contributed by atoms with Crippen molar-refractivity contribution in [3.8, 4) is 0 Å². The molecule has 1 fully saturated rings. The summed E-state index contributed by atoms with van der Waals surface area (Å²) < 4.78 is 11.0. The standard InChI is InChI=1S/C20H29NO2/c1-2-22-12-13-23-11-10-18-14-19-8-9-20(15-18)21(19)16-17-6-4-3-5-7-17/h3-7,14,19-20H,2,8-13,15-16H2,1H3. The van der Waals surface area contributed by atoms with Crippen molar-refractivity contribution >= 4 is 0 Å². The van der Waals surface area contributed by atoms with Gasteiger partial charge in [-0.05, 0) is 38.2 Å². The van der Waals surface area contributed by atoms with Gasteiger partial charge in [-0.25, -0.2) is 0 Å². The van der Waals surface area contributed by atoms with Gasteiger partial charge in [0.05, 0.1) is 19.8 Å². The van der Waals surface area contributed by atoms with Crippen LogP contribution in [0, 0.1) is 0 Å². The number of nitrogens with zero attached hydrogens (tertiary/aromatic N) is 1. The molecule has 2 bridgehead atoms. The highest BCUT2D eigenvalue weighted by molar-refractivity contribution is 5.21. The molecule has 2 atom stereocenters. The topological polar surface area (TPSA) is 21.7 Å². The summed E-state index contributed by atoms with van der Waals surface area (Å²) in [5, 5.41) is 0. The van der Waals surface area contributed by atoms with Gasteiger partial charge in [0, 0.05) is 25.2 Å². The summed E-state index contributed by atoms with van der Waals surface area (Å²) in [6, 6.07) is 12.2. The van der Waals surface area contributed by atoms with Crippen molar-refractivity contribution < 1.29 is 9.47 Å². The molecule has 2 aliphatic heterocycles. The molecule has 2 aliphatic rings. The molecule has 1 aromatic rings. The molecule has 3 heteroatoms. The van der Waals surface area contributed by atoms with Gasteiger partial charge in [0.25, 0.3) is 0 Å². The first-order valence-electron chi connectivity index (χ1n) is 9.01. The van der Waals surface area contributed by atoms with Crippen molar-refractivity contribution in [1.82, 2.24) is 4.90 Å². The van der Waals surface area contributed by atoms with Crippen LogP contribution in [-0.2, 0) is 16.0 Å². The van der Waals surface area contributed by atoms with Crippen LogP contribution in [0.5, 0.6) is 0 Å². The second kappa shape index (κ2) is 8.62. The molecule has 2 unspecified atom stereocenters. The average Bonchev–Trinajstić information content (AvgIpc) is 2.81. The Balaban J connectivity index is 1.46. The molecule has 1 saturated heterocycles. The summed E-state index contributed by atoms with van der Waals surface area (Å²) in [4.78, 5) is 2.69. The van der Waals surface area contributed by atoms with E-state index in [-0.39, 0.29) is 0 Å². The Labute approximate surface area is 140 Å². The van der Waals surface area contributed by atoms with E-state index >= 15 is 0 Å². The summed E-state index contributed by atoms with van der Waals surface area (Å²) in [5.74, 6) is 0. The zero-order valence-electron chi connectivity index (χ0n) is 14.2. The Hall–Kier alpha value is -1.16. The van der Waals surface area contributed by atoms with Crippen LogP contribution in [0.2, 0.25) is 0 Å². The molecule has 0 saturated carbocycles. The molecule has 3 rings (SSSR count). The van der Waals surface area contributed by atoms with Gasteiger partial charge in [-0.1, -0.05) is 42.0 Å². The lowest BCUT2D eigenvalue weighted by molar-refractivity contribution is 0.0533. The van der Waals surface area contributed by atoms with Crippen LogP contribution < -0.4 is 0 Å². The van der Waals surface area contributed by atoms with E-state index in [9.17, 15) is 0 Å². The maximum atomic E-state index is 5.67. The SMILES string of the molecule is CCOCCOCCC1=CC2CCC(C1)N2Cc1ccccc1. The van der Waals surface area contributed by atoms with Crippen LogP contribution in [-0.4, -0.2) is 43.4 Å². The zero-order valence-corrected chi connectivity index (χ0v) is 14.2. The smallest absolute Gasteiger partial charge is 0.0700 e. The van der Waals surface area contributed by atoms with E-state index < -0.39 is 0 Å². The second-order valence-electron chi connectivity index (χ2n) is 6.54. The highest BCUT2D eigenvalue weighted by atomic mass is 16.5. The summed E-state index contributed by atoms with van der Waals surface area (Å²) in [5.41, 5.74) is 3.03. The monoisotopic (exact) mass is 315 g/mol. The van der Waals surface area contributed by atoms with Crippen molar-refractivity contribution in [2.45, 2.75) is 51.2 Å². The first-order valence-corrected chi connectivity index (χ1v) is 9.01. The summed E-state index contributed by atoms with van der Waals surface area (Å²) in [6.07, 6.45) is 7.46. The van der Waals surface area contributed by atoms with Crippen LogP contribution in [0.4, 0.5) is 0 Å². The van der Waals surface area contributed by atoms with Gasteiger partial charge in [0.1, 0.15) is 0 Å². The van der Waals surface area contributed by atoms with E-state index in [1.807, 2.05) is 6.92 Å². The van der Waals surface area contributed by atoms with Crippen LogP contribution in [0.1, 0.15) is 38.2 Å². The minimum absolute atomic E-state index is 0.632. The number of hydrogen-bond acceptors (Lipinski definition) is 3. The van der Waals surface area contributed by atoms with Crippen molar-refractivity contribution in [2.24, 2.45) is 0 Å². The molecule has 0 aromatic heterocycles. The van der Waals surface area contributed by atoms with Crippen LogP contribution in [0.25, 0.3) is 0 Å². The fourth-order valence-electron chi connectivity index (χ4n) is 3.80. The zero-order chi connectivity index (χ0) is 15.9. The van der Waals surface area contributed by atoms with Gasteiger partial charge < -0.3 is 9.47 Å². The lowest BCUT2D eigenvalue weighted by Gasteiger charge is -2.34. The quantitative estimate of drug-likeness (QED) is 0.511. The number of hydrogen-bond donors (Lipinski definition) is 0. The van der Waals surface area contributed by atoms with Crippen molar-refractivity contribution in [3.05, 3.63) is 47.5 Å². The fourth-order valence-corrected chi connectivity index (χ4v) is 3.80. The van der Waals surface area contributed by atoms with Crippen LogP contribution in [0.3, 0.4) is 0 Å². The molecule has 1 aromatic carbocycles. The summed E-state index contributed by atoms with van der Waals surface area (Å²) in [7, 11) is 0. The van der Waals surface area contributed by atoms with E-state index in [0.717, 1.165) is 32.2 Å². The third kappa shape index (κ3) is 4.66. The summed E-state index contributed by atoms with van der Waals surface area (Å²) >= 11 is 0. The number of fused-ring (bicyclic) bond motifs is 2. The minimum Gasteiger partial charge on any atom is -0.379 e. The number of ether oxygens (including phenoxy) is 2. The van der Waals surface area contributed by atoms with E-state index in [4.69, 9.17) is 9.47 Å². The lowest BCUT2D eigenvalue weighted by atomic mass is 9.98. The normalized spacial score (nSPS) is 24.0. The molecule has 0 amide bonds. The molecule has 23 heavy (non-hydrogen) atoms. The average molecular weight is 315 g/mol. The van der Waals surface area contributed by atoms with Crippen molar-refractivity contribution in [3.63, 3.8) is 0 Å². The maximum absolute atomic E-state index is 5.67. The lowest BCUT2D eigenvalue weighted by Crippen LogP contribution is -2.38. The molecular weight excluding hydrogens is 286 g/mol. The van der Waals surface area contributed by atoms with Crippen molar-refractivity contribution in [1.29, 1.82) is 0 Å². The molecule has 0 N–H and O–H groups in total. The third-order valence-electron chi connectivity index (χ3n) is 4.97. The predicted molar refractivity (Wildman–Crippen MR) is 93.4 cm³/mol. The Morgan fingerprint density at radius 3 is 2.65 bits per heavy atom. The van der Waals surface area contributed by atoms with E-state index in [1.165, 1.54) is 24.8 Å². The first-order chi connectivity index (χ1) is 11.4. The van der Waals surface area contributed by atoms with Gasteiger partial charge in [-0.3, -0.25) is 4.90 Å². The van der Waals surface area contributed by atoms with Crippen molar-refractivity contribution in [2.75, 3.05) is 26.4 Å². The van der Waals surface area contributed by atoms with E-state index in [2.05, 4.69) is 41.3 Å². The van der Waals surface area contributed by atoms with Gasteiger partial charge in [0.2, 0.25) is 0 Å². The van der Waals surface area contributed by atoms with Gasteiger partial charge in [0.15, 0.2) is 0 Å². The Kier molecular flexibility index (Phi) is 6.26. The highest BCUT2D eigenvalue weighted by Crippen LogP contribution is 2.36. The van der Waals surface area contributed by atoms with Gasteiger partial charge in [-0.2, -0.15) is 0 Å². The second-order valence-corrected chi connectivity index (χ2v) is 6.54. The summed E-state index contributed by atoms with van der Waals surface area (Å²) in [6.45, 7) is 6.14. The minimum atomic E-state index is 0.632. The predicted octanol–water partition coefficient (Wildman–Crippen LogP) is 3.79. The molecule has 126 valence electrons. The largest absolute Gasteiger partial charge is 0.379 e. The van der Waals surface area contributed by atoms with Gasteiger partial charge >= 0.3 is 0 Å². The fraction of sp³-hybridized carbons (Fsp3) is 0.600. The Morgan fingerprint density at radius 2 is 1.87 bits per heavy atom. The first kappa shape index (κ1) is 16.7. The van der Waals surface area contributed by atoms with Crippen LogP contribution in [0.15, 0.2) is 42.0 Å². The third-order valence-corrected chi connectivity index (χ3v) is 4.97. The molecule has 0 radical (unpaired) electrons. The van der Waals surface area contributed by atoms with Crippen LogP contribution >= 0.6 is 0 Å². The van der Waals surface area contributed by atoms with E-state index in [1.54, 1.807) is 5.57 Å². The highest BCUT2D eigenvalue weighted by Gasteiger charge is 2.35. The maximum Gasteiger partial charge on any atom is 0.0700 e. The molecule has 0 spiro atoms. The number of benzene rings is 1.